The SMILES string of the molecule is CC(C)C(N)CC(=O)N1CSCC1C(=O)O. The van der Waals surface area contributed by atoms with Gasteiger partial charge in [-0.05, 0) is 5.92 Å². The topological polar surface area (TPSA) is 83.6 Å². The summed E-state index contributed by atoms with van der Waals surface area (Å²) in [6, 6.07) is -0.885. The predicted molar refractivity (Wildman–Crippen MR) is 63.0 cm³/mol. The summed E-state index contributed by atoms with van der Waals surface area (Å²) >= 11 is 1.47. The molecule has 0 radical (unpaired) electrons. The maximum absolute atomic E-state index is 11.8. The molecule has 3 N–H and O–H groups in total. The lowest BCUT2D eigenvalue weighted by Crippen LogP contribution is -2.44. The number of carboxylic acids is 1. The van der Waals surface area contributed by atoms with Crippen molar-refractivity contribution in [3.8, 4) is 0 Å². The largest absolute Gasteiger partial charge is 0.480 e. The van der Waals surface area contributed by atoms with Gasteiger partial charge in [0.25, 0.3) is 0 Å². The van der Waals surface area contributed by atoms with Crippen LogP contribution in [0, 0.1) is 5.92 Å². The first-order chi connectivity index (χ1) is 7.43. The van der Waals surface area contributed by atoms with E-state index >= 15 is 0 Å². The number of rotatable bonds is 4. The Hall–Kier alpha value is -0.750. The molecule has 1 rings (SSSR count). The fourth-order valence-corrected chi connectivity index (χ4v) is 2.62. The molecule has 0 aromatic heterocycles. The summed E-state index contributed by atoms with van der Waals surface area (Å²) in [5, 5.41) is 8.94. The highest BCUT2D eigenvalue weighted by atomic mass is 32.2. The molecule has 1 heterocycles. The van der Waals surface area contributed by atoms with Crippen molar-refractivity contribution < 1.29 is 14.7 Å². The number of hydrogen-bond donors (Lipinski definition) is 2. The summed E-state index contributed by atoms with van der Waals surface area (Å²) in [6.07, 6.45) is 0.224. The van der Waals surface area contributed by atoms with Crippen molar-refractivity contribution in [1.29, 1.82) is 0 Å². The minimum absolute atomic E-state index is 0.154. The molecule has 2 atom stereocenters. The number of thioether (sulfide) groups is 1. The highest BCUT2D eigenvalue weighted by Crippen LogP contribution is 2.22. The van der Waals surface area contributed by atoms with Gasteiger partial charge in [-0.15, -0.1) is 11.8 Å². The number of carbonyl (C=O) groups is 2. The van der Waals surface area contributed by atoms with Gasteiger partial charge in [-0.2, -0.15) is 0 Å². The lowest BCUT2D eigenvalue weighted by Gasteiger charge is -2.23. The summed E-state index contributed by atoms with van der Waals surface area (Å²) in [5.74, 6) is 0.0658. The first-order valence-electron chi connectivity index (χ1n) is 5.29. The van der Waals surface area contributed by atoms with E-state index in [4.69, 9.17) is 10.8 Å². The van der Waals surface area contributed by atoms with Crippen LogP contribution in [0.4, 0.5) is 0 Å². The molecule has 1 amide bonds. The fraction of sp³-hybridized carbons (Fsp3) is 0.800. The minimum atomic E-state index is -0.934. The zero-order chi connectivity index (χ0) is 12.3. The fourth-order valence-electron chi connectivity index (χ4n) is 1.45. The molecule has 1 fully saturated rings. The number of hydrogen-bond acceptors (Lipinski definition) is 4. The van der Waals surface area contributed by atoms with Gasteiger partial charge >= 0.3 is 5.97 Å². The van der Waals surface area contributed by atoms with E-state index in [1.807, 2.05) is 13.8 Å². The van der Waals surface area contributed by atoms with Crippen molar-refractivity contribution in [1.82, 2.24) is 4.90 Å². The quantitative estimate of drug-likeness (QED) is 0.747. The average molecular weight is 246 g/mol. The second kappa shape index (κ2) is 5.54. The molecular formula is C10H18N2O3S. The summed E-state index contributed by atoms with van der Waals surface area (Å²) < 4.78 is 0. The van der Waals surface area contributed by atoms with Crippen LogP contribution in [0.25, 0.3) is 0 Å². The monoisotopic (exact) mass is 246 g/mol. The smallest absolute Gasteiger partial charge is 0.327 e. The van der Waals surface area contributed by atoms with Crippen LogP contribution in [0.2, 0.25) is 0 Å². The summed E-state index contributed by atoms with van der Waals surface area (Å²) in [4.78, 5) is 24.2. The number of aliphatic carboxylic acids is 1. The van der Waals surface area contributed by atoms with Crippen LogP contribution in [-0.2, 0) is 9.59 Å². The zero-order valence-corrected chi connectivity index (χ0v) is 10.4. The van der Waals surface area contributed by atoms with Gasteiger partial charge < -0.3 is 15.7 Å². The van der Waals surface area contributed by atoms with Gasteiger partial charge in [-0.3, -0.25) is 4.79 Å². The van der Waals surface area contributed by atoms with Gasteiger partial charge in [0.05, 0.1) is 5.88 Å². The lowest BCUT2D eigenvalue weighted by atomic mass is 10.0. The number of carbonyl (C=O) groups excluding carboxylic acids is 1. The molecule has 1 aliphatic heterocycles. The Labute approximate surface area is 99.4 Å². The van der Waals surface area contributed by atoms with E-state index in [-0.39, 0.29) is 24.3 Å². The van der Waals surface area contributed by atoms with Crippen LogP contribution in [0.15, 0.2) is 0 Å². The van der Waals surface area contributed by atoms with Crippen molar-refractivity contribution in [2.24, 2.45) is 11.7 Å². The molecule has 6 heteroatoms. The van der Waals surface area contributed by atoms with E-state index in [1.54, 1.807) is 0 Å². The third kappa shape index (κ3) is 3.12. The van der Waals surface area contributed by atoms with Crippen molar-refractivity contribution in [2.45, 2.75) is 32.4 Å². The molecule has 5 nitrogen and oxygen atoms in total. The molecule has 0 aliphatic carbocycles. The number of nitrogens with zero attached hydrogens (tertiary/aromatic N) is 1. The van der Waals surface area contributed by atoms with Gasteiger partial charge in [0, 0.05) is 18.2 Å². The molecule has 0 aromatic carbocycles. The second-order valence-electron chi connectivity index (χ2n) is 4.33. The molecule has 2 unspecified atom stereocenters. The van der Waals surface area contributed by atoms with E-state index in [0.717, 1.165) is 0 Å². The van der Waals surface area contributed by atoms with Gasteiger partial charge in [-0.25, -0.2) is 4.79 Å². The minimum Gasteiger partial charge on any atom is -0.480 e. The number of nitrogens with two attached hydrogens (primary N) is 1. The highest BCUT2D eigenvalue weighted by Gasteiger charge is 2.34. The van der Waals surface area contributed by atoms with E-state index in [9.17, 15) is 9.59 Å². The third-order valence-corrected chi connectivity index (χ3v) is 3.77. The van der Waals surface area contributed by atoms with E-state index in [0.29, 0.717) is 11.6 Å². The molecule has 0 bridgehead atoms. The first-order valence-corrected chi connectivity index (χ1v) is 6.44. The third-order valence-electron chi connectivity index (χ3n) is 2.75. The molecule has 1 aliphatic rings. The van der Waals surface area contributed by atoms with E-state index in [2.05, 4.69) is 0 Å². The zero-order valence-electron chi connectivity index (χ0n) is 9.55. The van der Waals surface area contributed by atoms with Crippen LogP contribution in [0.5, 0.6) is 0 Å². The molecule has 0 saturated carbocycles. The first kappa shape index (κ1) is 13.3. The van der Waals surface area contributed by atoms with Gasteiger partial charge in [0.2, 0.25) is 5.91 Å². The van der Waals surface area contributed by atoms with Crippen LogP contribution in [0.1, 0.15) is 20.3 Å². The van der Waals surface area contributed by atoms with Gasteiger partial charge in [-0.1, -0.05) is 13.8 Å². The Morgan fingerprint density at radius 1 is 1.56 bits per heavy atom. The number of amides is 1. The van der Waals surface area contributed by atoms with Crippen molar-refractivity contribution >= 4 is 23.6 Å². The van der Waals surface area contributed by atoms with Crippen molar-refractivity contribution in [3.63, 3.8) is 0 Å². The van der Waals surface area contributed by atoms with Gasteiger partial charge in [0.15, 0.2) is 0 Å². The number of carboxylic acid groups (broad SMARTS) is 1. The normalized spacial score (nSPS) is 22.5. The second-order valence-corrected chi connectivity index (χ2v) is 5.33. The average Bonchev–Trinajstić information content (AvgIpc) is 2.65. The molecule has 92 valence electrons. The van der Waals surface area contributed by atoms with Gasteiger partial charge in [0.1, 0.15) is 6.04 Å². The molecule has 0 aromatic rings. The Morgan fingerprint density at radius 2 is 2.19 bits per heavy atom. The summed E-state index contributed by atoms with van der Waals surface area (Å²) in [5.41, 5.74) is 5.80. The van der Waals surface area contributed by atoms with Crippen molar-refractivity contribution in [3.05, 3.63) is 0 Å². The lowest BCUT2D eigenvalue weighted by molar-refractivity contribution is -0.147. The summed E-state index contributed by atoms with van der Waals surface area (Å²) in [7, 11) is 0. The Bertz CT molecular complexity index is 283. The Kier molecular flexibility index (Phi) is 4.61. The maximum Gasteiger partial charge on any atom is 0.327 e. The van der Waals surface area contributed by atoms with Crippen LogP contribution >= 0.6 is 11.8 Å². The standard InChI is InChI=1S/C10H18N2O3S/c1-6(2)7(11)3-9(13)12-5-16-4-8(12)10(14)15/h6-8H,3-5,11H2,1-2H3,(H,14,15). The predicted octanol–water partition coefficient (Wildman–Crippen LogP) is 0.346. The van der Waals surface area contributed by atoms with Crippen LogP contribution in [0.3, 0.4) is 0 Å². The Balaban J connectivity index is 2.56. The highest BCUT2D eigenvalue weighted by molar-refractivity contribution is 7.99. The molecule has 0 spiro atoms. The van der Waals surface area contributed by atoms with Crippen LogP contribution in [-0.4, -0.2) is 45.6 Å². The molecule has 1 saturated heterocycles. The Morgan fingerprint density at radius 3 is 2.69 bits per heavy atom. The molecular weight excluding hydrogens is 228 g/mol. The van der Waals surface area contributed by atoms with Crippen LogP contribution < -0.4 is 5.73 Å². The maximum atomic E-state index is 11.8. The van der Waals surface area contributed by atoms with E-state index < -0.39 is 12.0 Å². The molecule has 16 heavy (non-hydrogen) atoms. The van der Waals surface area contributed by atoms with E-state index in [1.165, 1.54) is 16.7 Å². The van der Waals surface area contributed by atoms with Crippen molar-refractivity contribution in [2.75, 3.05) is 11.6 Å². The summed E-state index contributed by atoms with van der Waals surface area (Å²) in [6.45, 7) is 3.90.